The zero-order valence-corrected chi connectivity index (χ0v) is 24.1. The topological polar surface area (TPSA) is 88.8 Å². The second-order valence-electron chi connectivity index (χ2n) is 11.1. The first-order chi connectivity index (χ1) is 20.4. The molecule has 1 N–H and O–H groups in total. The molecule has 9 heteroatoms. The second-order valence-corrected chi connectivity index (χ2v) is 11.1. The average molecular weight is 568 g/mol. The number of nitrogens with one attached hydrogen (secondary N) is 1. The molecule has 1 saturated carbocycles. The highest BCUT2D eigenvalue weighted by Gasteiger charge is 2.34. The van der Waals surface area contributed by atoms with Crippen LogP contribution < -0.4 is 10.2 Å². The van der Waals surface area contributed by atoms with E-state index in [-0.39, 0.29) is 17.8 Å². The Kier molecular flexibility index (Phi) is 7.49. The third-order valence-electron chi connectivity index (χ3n) is 8.25. The Morgan fingerprint density at radius 1 is 1.12 bits per heavy atom. The molecule has 216 valence electrons. The molecule has 1 amide bonds. The van der Waals surface area contributed by atoms with Crippen LogP contribution in [-0.2, 0) is 16.0 Å². The number of aromatic nitrogens is 3. The lowest BCUT2D eigenvalue weighted by molar-refractivity contribution is -0.146. The Morgan fingerprint density at radius 2 is 1.90 bits per heavy atom. The van der Waals surface area contributed by atoms with E-state index >= 15 is 4.39 Å². The van der Waals surface area contributed by atoms with Gasteiger partial charge in [0.15, 0.2) is 5.65 Å². The molecule has 3 heterocycles. The summed E-state index contributed by atoms with van der Waals surface area (Å²) in [6.45, 7) is 5.60. The van der Waals surface area contributed by atoms with Crippen LogP contribution in [-0.4, -0.2) is 53.2 Å². The molecule has 1 saturated heterocycles. The quantitative estimate of drug-likeness (QED) is 0.272. The van der Waals surface area contributed by atoms with Crippen LogP contribution in [0.4, 0.5) is 10.1 Å². The summed E-state index contributed by atoms with van der Waals surface area (Å²) in [5, 5.41) is 7.73. The molecule has 0 unspecified atom stereocenters. The zero-order chi connectivity index (χ0) is 29.4. The molecule has 0 bridgehead atoms. The SMILES string of the molecule is C/C=C(/C)c1ccccc1CCNC(=O)c1cc(C2CC2)n2nc(-c3ccc(N4CC(C(=O)OC)C4)cc3F)cc2n1. The number of benzene rings is 2. The van der Waals surface area contributed by atoms with Gasteiger partial charge in [0, 0.05) is 48.6 Å². The van der Waals surface area contributed by atoms with E-state index in [1.54, 1.807) is 16.6 Å². The number of methoxy groups -OCH3 is 1. The zero-order valence-electron chi connectivity index (χ0n) is 24.1. The molecule has 0 atom stereocenters. The molecule has 6 rings (SSSR count). The van der Waals surface area contributed by atoms with Gasteiger partial charge < -0.3 is 15.0 Å². The normalized spacial score (nSPS) is 15.5. The number of hydrogen-bond acceptors (Lipinski definition) is 6. The van der Waals surface area contributed by atoms with Gasteiger partial charge in [-0.25, -0.2) is 13.9 Å². The van der Waals surface area contributed by atoms with Gasteiger partial charge in [0.25, 0.3) is 5.91 Å². The Hall–Kier alpha value is -4.53. The van der Waals surface area contributed by atoms with Crippen molar-refractivity contribution in [2.75, 3.05) is 31.6 Å². The standard InChI is InChI=1S/C33H34FN5O3/c1-4-20(2)25-8-6-5-7-21(25)13-14-35-32(40)29-16-30(22-9-10-22)39-31(36-29)17-28(37-39)26-12-11-24(15-27(26)34)38-18-23(19-38)33(41)42-3/h4-8,11-12,15-17,22-23H,9-10,13-14,18-19H2,1-3H3,(H,35,40)/b20-4-. The maximum absolute atomic E-state index is 15.3. The first-order valence-corrected chi connectivity index (χ1v) is 14.4. The van der Waals surface area contributed by atoms with E-state index in [0.29, 0.717) is 60.3 Å². The molecule has 4 aromatic rings. The van der Waals surface area contributed by atoms with Crippen molar-refractivity contribution in [1.29, 1.82) is 0 Å². The number of amides is 1. The highest BCUT2D eigenvalue weighted by molar-refractivity contribution is 5.93. The van der Waals surface area contributed by atoms with Crippen LogP contribution in [0.3, 0.4) is 0 Å². The maximum Gasteiger partial charge on any atom is 0.312 e. The van der Waals surface area contributed by atoms with E-state index in [1.807, 2.05) is 36.1 Å². The fourth-order valence-corrected chi connectivity index (χ4v) is 5.51. The largest absolute Gasteiger partial charge is 0.469 e. The summed E-state index contributed by atoms with van der Waals surface area (Å²) in [7, 11) is 1.38. The van der Waals surface area contributed by atoms with Crippen LogP contribution in [0.2, 0.25) is 0 Å². The summed E-state index contributed by atoms with van der Waals surface area (Å²) in [6, 6.07) is 16.8. The number of halogens is 1. The van der Waals surface area contributed by atoms with Crippen molar-refractivity contribution < 1.29 is 18.7 Å². The van der Waals surface area contributed by atoms with Crippen LogP contribution in [0.5, 0.6) is 0 Å². The molecule has 8 nitrogen and oxygen atoms in total. The smallest absolute Gasteiger partial charge is 0.312 e. The van der Waals surface area contributed by atoms with Crippen molar-refractivity contribution in [2.45, 2.75) is 39.0 Å². The van der Waals surface area contributed by atoms with Gasteiger partial charge in [0.1, 0.15) is 11.5 Å². The van der Waals surface area contributed by atoms with E-state index in [4.69, 9.17) is 9.84 Å². The van der Waals surface area contributed by atoms with Crippen LogP contribution in [0.1, 0.15) is 59.9 Å². The summed E-state index contributed by atoms with van der Waals surface area (Å²) >= 11 is 0. The lowest BCUT2D eigenvalue weighted by Gasteiger charge is -2.39. The molecule has 2 aromatic heterocycles. The summed E-state index contributed by atoms with van der Waals surface area (Å²) in [5.41, 5.74) is 6.86. The molecular weight excluding hydrogens is 533 g/mol. The van der Waals surface area contributed by atoms with Crippen LogP contribution in [0.25, 0.3) is 22.5 Å². The Labute approximate surface area is 244 Å². The van der Waals surface area contributed by atoms with Crippen LogP contribution in [0.15, 0.2) is 60.7 Å². The van der Waals surface area contributed by atoms with Gasteiger partial charge in [0.2, 0.25) is 0 Å². The predicted octanol–water partition coefficient (Wildman–Crippen LogP) is 5.42. The minimum atomic E-state index is -0.406. The van der Waals surface area contributed by atoms with Crippen molar-refractivity contribution in [1.82, 2.24) is 19.9 Å². The van der Waals surface area contributed by atoms with Gasteiger partial charge in [-0.2, -0.15) is 5.10 Å². The van der Waals surface area contributed by atoms with Gasteiger partial charge in [-0.15, -0.1) is 0 Å². The summed E-state index contributed by atoms with van der Waals surface area (Å²) in [6.07, 6.45) is 4.82. The lowest BCUT2D eigenvalue weighted by Crippen LogP contribution is -2.50. The highest BCUT2D eigenvalue weighted by atomic mass is 19.1. The van der Waals surface area contributed by atoms with Crippen molar-refractivity contribution in [3.63, 3.8) is 0 Å². The predicted molar refractivity (Wildman–Crippen MR) is 160 cm³/mol. The Bertz CT molecular complexity index is 1700. The van der Waals surface area contributed by atoms with E-state index in [0.717, 1.165) is 18.5 Å². The minimum Gasteiger partial charge on any atom is -0.469 e. The first kappa shape index (κ1) is 27.6. The number of hydrogen-bond donors (Lipinski definition) is 1. The maximum atomic E-state index is 15.3. The highest BCUT2D eigenvalue weighted by Crippen LogP contribution is 2.40. The number of carbonyl (C=O) groups excluding carboxylic acids is 2. The number of allylic oxidation sites excluding steroid dienone is 2. The number of anilines is 1. The monoisotopic (exact) mass is 567 g/mol. The number of fused-ring (bicyclic) bond motifs is 1. The van der Waals surface area contributed by atoms with Gasteiger partial charge in [-0.05, 0) is 74.1 Å². The molecule has 0 spiro atoms. The third-order valence-corrected chi connectivity index (χ3v) is 8.25. The Balaban J connectivity index is 1.20. The molecule has 2 fully saturated rings. The summed E-state index contributed by atoms with van der Waals surface area (Å²) < 4.78 is 21.8. The number of rotatable bonds is 9. The Morgan fingerprint density at radius 3 is 2.62 bits per heavy atom. The van der Waals surface area contributed by atoms with Crippen molar-refractivity contribution in [3.05, 3.63) is 89.0 Å². The van der Waals surface area contributed by atoms with Gasteiger partial charge in [-0.1, -0.05) is 30.3 Å². The van der Waals surface area contributed by atoms with Crippen molar-refractivity contribution >= 4 is 28.8 Å². The summed E-state index contributed by atoms with van der Waals surface area (Å²) in [4.78, 5) is 31.4. The van der Waals surface area contributed by atoms with Crippen molar-refractivity contribution in [2.24, 2.45) is 5.92 Å². The number of carbonyl (C=O) groups is 2. The first-order valence-electron chi connectivity index (χ1n) is 14.4. The number of ether oxygens (including phenoxy) is 1. The fraction of sp³-hybridized carbons (Fsp3) is 0.333. The van der Waals surface area contributed by atoms with Gasteiger partial charge in [-0.3, -0.25) is 9.59 Å². The van der Waals surface area contributed by atoms with E-state index in [2.05, 4.69) is 35.4 Å². The number of nitrogens with zero attached hydrogens (tertiary/aromatic N) is 4. The molecule has 0 radical (unpaired) electrons. The molecule has 42 heavy (non-hydrogen) atoms. The second kappa shape index (κ2) is 11.4. The molecule has 1 aliphatic carbocycles. The average Bonchev–Trinajstić information content (AvgIpc) is 3.73. The van der Waals surface area contributed by atoms with Gasteiger partial charge in [0.05, 0.1) is 18.7 Å². The fourth-order valence-electron chi connectivity index (χ4n) is 5.51. The third kappa shape index (κ3) is 5.38. The molecular formula is C33H34FN5O3. The number of esters is 1. The molecule has 1 aliphatic heterocycles. The van der Waals surface area contributed by atoms with Gasteiger partial charge >= 0.3 is 5.97 Å². The lowest BCUT2D eigenvalue weighted by atomic mass is 9.98. The van der Waals surface area contributed by atoms with Crippen LogP contribution >= 0.6 is 0 Å². The van der Waals surface area contributed by atoms with E-state index < -0.39 is 5.82 Å². The summed E-state index contributed by atoms with van der Waals surface area (Å²) in [5.74, 6) is -0.779. The molecule has 2 aliphatic rings. The van der Waals surface area contributed by atoms with E-state index in [1.165, 1.54) is 29.9 Å². The minimum absolute atomic E-state index is 0.187. The van der Waals surface area contributed by atoms with E-state index in [9.17, 15) is 9.59 Å². The van der Waals surface area contributed by atoms with Crippen LogP contribution in [0, 0.1) is 11.7 Å². The van der Waals surface area contributed by atoms with Crippen molar-refractivity contribution in [3.8, 4) is 11.3 Å². The molecule has 2 aromatic carbocycles.